The largest absolute Gasteiger partial charge is 0.377 e. The second-order valence-electron chi connectivity index (χ2n) is 11.8. The number of benzene rings is 1. The number of aromatic nitrogens is 3. The summed E-state index contributed by atoms with van der Waals surface area (Å²) in [7, 11) is 0. The van der Waals surface area contributed by atoms with Gasteiger partial charge in [-0.1, -0.05) is 12.1 Å². The minimum absolute atomic E-state index is 0.0354. The Bertz CT molecular complexity index is 1370. The van der Waals surface area contributed by atoms with Gasteiger partial charge in [-0.25, -0.2) is 4.98 Å². The van der Waals surface area contributed by atoms with Crippen LogP contribution in [0, 0.1) is 0 Å². The number of nitrogens with zero attached hydrogens (tertiary/aromatic N) is 5. The first-order valence-corrected chi connectivity index (χ1v) is 13.5. The van der Waals surface area contributed by atoms with Gasteiger partial charge in [0, 0.05) is 36.3 Å². The first kappa shape index (κ1) is 25.0. The van der Waals surface area contributed by atoms with Crippen LogP contribution in [0.5, 0.6) is 0 Å². The molecular formula is C29H36N6O3. The molecule has 1 aromatic carbocycles. The smallest absolute Gasteiger partial charge is 0.251 e. The zero-order chi connectivity index (χ0) is 26.5. The van der Waals surface area contributed by atoms with Gasteiger partial charge in [0.25, 0.3) is 5.91 Å². The van der Waals surface area contributed by atoms with Gasteiger partial charge >= 0.3 is 0 Å². The molecule has 1 saturated carbocycles. The number of rotatable bonds is 4. The van der Waals surface area contributed by atoms with Crippen molar-refractivity contribution in [2.75, 3.05) is 49.3 Å². The number of carbonyl (C=O) groups is 1. The minimum atomic E-state index is -0.312. The minimum Gasteiger partial charge on any atom is -0.377 e. The fraction of sp³-hybridized carbons (Fsp3) is 0.517. The van der Waals surface area contributed by atoms with Crippen LogP contribution in [0.4, 0.5) is 11.8 Å². The molecule has 9 heteroatoms. The summed E-state index contributed by atoms with van der Waals surface area (Å²) in [5, 5.41) is 3.95. The van der Waals surface area contributed by atoms with Gasteiger partial charge in [0.05, 0.1) is 42.5 Å². The summed E-state index contributed by atoms with van der Waals surface area (Å²) in [5.41, 5.74) is 2.56. The van der Waals surface area contributed by atoms with Crippen LogP contribution < -0.4 is 15.1 Å². The van der Waals surface area contributed by atoms with Gasteiger partial charge < -0.3 is 24.6 Å². The maximum absolute atomic E-state index is 12.8. The van der Waals surface area contributed by atoms with Gasteiger partial charge in [0.2, 0.25) is 5.95 Å². The Hall–Kier alpha value is -3.30. The SMILES string of the molecule is C[C@H]1COCCN1c1nc(N2CCOC3(CC3)C2)nc2nc(-c3cccc(C(=O)NC(C)(C)C)c3)ccc12. The maximum Gasteiger partial charge on any atom is 0.251 e. The van der Waals surface area contributed by atoms with Crippen molar-refractivity contribution < 1.29 is 14.3 Å². The molecule has 3 aromatic rings. The molecule has 1 amide bonds. The Morgan fingerprint density at radius 1 is 1.08 bits per heavy atom. The average Bonchev–Trinajstić information content (AvgIpc) is 3.65. The number of nitrogens with one attached hydrogen (secondary N) is 1. The third-order valence-corrected chi connectivity index (χ3v) is 7.42. The summed E-state index contributed by atoms with van der Waals surface area (Å²) in [6.45, 7) is 12.4. The van der Waals surface area contributed by atoms with E-state index in [-0.39, 0.29) is 23.1 Å². The first-order valence-electron chi connectivity index (χ1n) is 13.5. The number of carbonyl (C=O) groups excluding carboxylic acids is 1. The quantitative estimate of drug-likeness (QED) is 0.560. The molecule has 1 spiro atoms. The zero-order valence-electron chi connectivity index (χ0n) is 22.7. The normalized spacial score (nSPS) is 21.1. The Balaban J connectivity index is 1.41. The summed E-state index contributed by atoms with van der Waals surface area (Å²) in [5.74, 6) is 1.49. The highest BCUT2D eigenvalue weighted by Gasteiger charge is 2.48. The van der Waals surface area contributed by atoms with Crippen molar-refractivity contribution in [2.45, 2.75) is 57.7 Å². The van der Waals surface area contributed by atoms with Crippen molar-refractivity contribution in [2.24, 2.45) is 0 Å². The standard InChI is InChI=1S/C29H36N6O3/c1-19-17-37-14-13-35(19)25-22-8-9-23(20-6-5-7-21(16-20)26(36)33-28(2,3)4)30-24(22)31-27(32-25)34-12-15-38-29(18-34)10-11-29/h5-9,16,19H,10-15,17-18H2,1-4H3,(H,33,36)/t19-/m0/s1. The van der Waals surface area contributed by atoms with Crippen molar-refractivity contribution in [3.05, 3.63) is 42.0 Å². The molecule has 2 aromatic heterocycles. The van der Waals surface area contributed by atoms with E-state index in [1.165, 1.54) is 0 Å². The van der Waals surface area contributed by atoms with Crippen LogP contribution >= 0.6 is 0 Å². The molecule has 2 aliphatic heterocycles. The molecule has 3 aliphatic rings. The zero-order valence-corrected chi connectivity index (χ0v) is 22.7. The van der Waals surface area contributed by atoms with Crippen LogP contribution in [0.1, 0.15) is 50.9 Å². The number of hydrogen-bond acceptors (Lipinski definition) is 8. The topological polar surface area (TPSA) is 92.7 Å². The fourth-order valence-electron chi connectivity index (χ4n) is 5.24. The number of pyridine rings is 1. The molecule has 4 heterocycles. The van der Waals surface area contributed by atoms with E-state index in [0.29, 0.717) is 37.0 Å². The average molecular weight is 517 g/mol. The lowest BCUT2D eigenvalue weighted by atomic mass is 10.0. The van der Waals surface area contributed by atoms with E-state index in [2.05, 4.69) is 28.1 Å². The van der Waals surface area contributed by atoms with Gasteiger partial charge in [-0.2, -0.15) is 9.97 Å². The molecule has 9 nitrogen and oxygen atoms in total. The van der Waals surface area contributed by atoms with Crippen molar-refractivity contribution in [3.63, 3.8) is 0 Å². The van der Waals surface area contributed by atoms with Crippen LogP contribution in [-0.4, -0.2) is 77.5 Å². The molecule has 3 fully saturated rings. The van der Waals surface area contributed by atoms with E-state index in [9.17, 15) is 4.79 Å². The van der Waals surface area contributed by atoms with E-state index in [1.807, 2.05) is 51.1 Å². The van der Waals surface area contributed by atoms with E-state index >= 15 is 0 Å². The predicted molar refractivity (Wildman–Crippen MR) is 148 cm³/mol. The molecule has 200 valence electrons. The molecular weight excluding hydrogens is 480 g/mol. The molecule has 1 N–H and O–H groups in total. The Morgan fingerprint density at radius 3 is 2.68 bits per heavy atom. The molecule has 1 atom stereocenters. The third-order valence-electron chi connectivity index (χ3n) is 7.42. The summed E-state index contributed by atoms with van der Waals surface area (Å²) < 4.78 is 11.7. The molecule has 6 rings (SSSR count). The summed E-state index contributed by atoms with van der Waals surface area (Å²) >= 11 is 0. The molecule has 0 bridgehead atoms. The third kappa shape index (κ3) is 5.05. The highest BCUT2D eigenvalue weighted by molar-refractivity contribution is 5.96. The molecule has 38 heavy (non-hydrogen) atoms. The van der Waals surface area contributed by atoms with E-state index in [1.54, 1.807) is 0 Å². The van der Waals surface area contributed by atoms with Crippen molar-refractivity contribution in [3.8, 4) is 11.3 Å². The van der Waals surface area contributed by atoms with Crippen LogP contribution in [0.3, 0.4) is 0 Å². The second-order valence-corrected chi connectivity index (χ2v) is 11.8. The fourth-order valence-corrected chi connectivity index (χ4v) is 5.24. The van der Waals surface area contributed by atoms with Crippen molar-refractivity contribution in [1.29, 1.82) is 0 Å². The molecule has 2 saturated heterocycles. The van der Waals surface area contributed by atoms with Crippen LogP contribution in [-0.2, 0) is 9.47 Å². The van der Waals surface area contributed by atoms with E-state index < -0.39 is 0 Å². The first-order chi connectivity index (χ1) is 18.2. The van der Waals surface area contributed by atoms with Gasteiger partial charge in [-0.3, -0.25) is 4.79 Å². The summed E-state index contributed by atoms with van der Waals surface area (Å²) in [6, 6.07) is 11.8. The van der Waals surface area contributed by atoms with E-state index in [4.69, 9.17) is 24.4 Å². The molecule has 0 unspecified atom stereocenters. The van der Waals surface area contributed by atoms with Crippen molar-refractivity contribution in [1.82, 2.24) is 20.3 Å². The molecule has 0 radical (unpaired) electrons. The lowest BCUT2D eigenvalue weighted by Gasteiger charge is -2.36. The second kappa shape index (κ2) is 9.47. The summed E-state index contributed by atoms with van der Waals surface area (Å²) in [6.07, 6.45) is 2.18. The Labute approximate surface area is 223 Å². The number of morpholine rings is 2. The number of hydrogen-bond donors (Lipinski definition) is 1. The number of amides is 1. The van der Waals surface area contributed by atoms with Gasteiger partial charge in [-0.05, 0) is 64.8 Å². The van der Waals surface area contributed by atoms with Crippen LogP contribution in [0.25, 0.3) is 22.3 Å². The number of ether oxygens (including phenoxy) is 2. The number of anilines is 2. The number of fused-ring (bicyclic) bond motifs is 1. The highest BCUT2D eigenvalue weighted by Crippen LogP contribution is 2.43. The van der Waals surface area contributed by atoms with Crippen LogP contribution in [0.15, 0.2) is 36.4 Å². The van der Waals surface area contributed by atoms with Crippen LogP contribution in [0.2, 0.25) is 0 Å². The lowest BCUT2D eigenvalue weighted by molar-refractivity contribution is 0.0201. The Kier molecular flexibility index (Phi) is 6.23. The maximum atomic E-state index is 12.8. The van der Waals surface area contributed by atoms with E-state index in [0.717, 1.165) is 54.9 Å². The summed E-state index contributed by atoms with van der Waals surface area (Å²) in [4.78, 5) is 32.4. The highest BCUT2D eigenvalue weighted by atomic mass is 16.5. The predicted octanol–water partition coefficient (Wildman–Crippen LogP) is 3.81. The van der Waals surface area contributed by atoms with Crippen molar-refractivity contribution >= 4 is 28.7 Å². The Morgan fingerprint density at radius 2 is 1.92 bits per heavy atom. The van der Waals surface area contributed by atoms with Gasteiger partial charge in [-0.15, -0.1) is 0 Å². The lowest BCUT2D eigenvalue weighted by Crippen LogP contribution is -2.46. The molecule has 1 aliphatic carbocycles. The van der Waals surface area contributed by atoms with Gasteiger partial charge in [0.1, 0.15) is 5.82 Å². The monoisotopic (exact) mass is 516 g/mol. The van der Waals surface area contributed by atoms with Gasteiger partial charge in [0.15, 0.2) is 5.65 Å².